The molecule has 0 spiro atoms. The molecule has 0 radical (unpaired) electrons. The van der Waals surface area contributed by atoms with Crippen molar-refractivity contribution in [1.29, 1.82) is 0 Å². The first-order valence-corrected chi connectivity index (χ1v) is 9.71. The van der Waals surface area contributed by atoms with Crippen LogP contribution < -0.4 is 10.5 Å². The normalized spacial score (nSPS) is 15.4. The average Bonchev–Trinajstić information content (AvgIpc) is 2.64. The standard InChI is InChI=1S/C21H20Cl2N2O2/c1-14-9-20-18(12-19(14)23)15(10-21(26)27-20)13-24-5-7-25(8-6-24)17-4-2-3-16(22)11-17/h2-4,9-12H,5-8,13H2,1H3. The molecule has 0 atom stereocenters. The number of hydrogen-bond donors (Lipinski definition) is 0. The van der Waals surface area contributed by atoms with Gasteiger partial charge >= 0.3 is 5.63 Å². The number of aryl methyl sites for hydroxylation is 1. The van der Waals surface area contributed by atoms with E-state index >= 15 is 0 Å². The Kier molecular flexibility index (Phi) is 5.13. The minimum absolute atomic E-state index is 0.322. The van der Waals surface area contributed by atoms with Crippen molar-refractivity contribution in [3.8, 4) is 0 Å². The summed E-state index contributed by atoms with van der Waals surface area (Å²) in [5.41, 5.74) is 3.28. The summed E-state index contributed by atoms with van der Waals surface area (Å²) in [5.74, 6) is 0. The van der Waals surface area contributed by atoms with Crippen LogP contribution in [-0.2, 0) is 6.54 Å². The maximum atomic E-state index is 12.0. The van der Waals surface area contributed by atoms with E-state index in [1.54, 1.807) is 6.07 Å². The van der Waals surface area contributed by atoms with Gasteiger partial charge in [0.2, 0.25) is 0 Å². The van der Waals surface area contributed by atoms with E-state index < -0.39 is 0 Å². The Morgan fingerprint density at radius 3 is 2.56 bits per heavy atom. The SMILES string of the molecule is Cc1cc2oc(=O)cc(CN3CCN(c4cccc(Cl)c4)CC3)c2cc1Cl. The molecule has 6 heteroatoms. The zero-order chi connectivity index (χ0) is 19.0. The molecule has 1 aromatic heterocycles. The first kappa shape index (κ1) is 18.4. The molecule has 0 N–H and O–H groups in total. The lowest BCUT2D eigenvalue weighted by atomic mass is 10.1. The lowest BCUT2D eigenvalue weighted by Crippen LogP contribution is -2.46. The molecule has 4 rings (SSSR count). The van der Waals surface area contributed by atoms with E-state index in [1.165, 1.54) is 0 Å². The van der Waals surface area contributed by atoms with Gasteiger partial charge in [0.25, 0.3) is 0 Å². The number of benzene rings is 2. The second-order valence-corrected chi connectivity index (χ2v) is 7.77. The lowest BCUT2D eigenvalue weighted by molar-refractivity contribution is 0.250. The number of anilines is 1. The predicted octanol–water partition coefficient (Wildman–Crippen LogP) is 4.73. The Morgan fingerprint density at radius 1 is 1.04 bits per heavy atom. The van der Waals surface area contributed by atoms with E-state index in [9.17, 15) is 4.79 Å². The zero-order valence-electron chi connectivity index (χ0n) is 15.0. The molecule has 4 nitrogen and oxygen atoms in total. The van der Waals surface area contributed by atoms with Crippen LogP contribution in [0.25, 0.3) is 11.0 Å². The fraction of sp³-hybridized carbons (Fsp3) is 0.286. The van der Waals surface area contributed by atoms with Gasteiger partial charge in [-0.1, -0.05) is 29.3 Å². The molecule has 2 heterocycles. The smallest absolute Gasteiger partial charge is 0.336 e. The average molecular weight is 403 g/mol. The van der Waals surface area contributed by atoms with Gasteiger partial charge < -0.3 is 9.32 Å². The minimum Gasteiger partial charge on any atom is -0.423 e. The van der Waals surface area contributed by atoms with Crippen molar-refractivity contribution in [3.63, 3.8) is 0 Å². The number of nitrogens with zero attached hydrogens (tertiary/aromatic N) is 2. The molecule has 2 aromatic carbocycles. The quantitative estimate of drug-likeness (QED) is 0.593. The van der Waals surface area contributed by atoms with E-state index in [-0.39, 0.29) is 5.63 Å². The Balaban J connectivity index is 1.52. The highest BCUT2D eigenvalue weighted by Crippen LogP contribution is 2.27. The molecule has 0 unspecified atom stereocenters. The fourth-order valence-electron chi connectivity index (χ4n) is 3.56. The topological polar surface area (TPSA) is 36.7 Å². The largest absolute Gasteiger partial charge is 0.423 e. The van der Waals surface area contributed by atoms with Gasteiger partial charge in [0, 0.05) is 59.9 Å². The first-order valence-electron chi connectivity index (χ1n) is 8.95. The molecule has 1 saturated heterocycles. The fourth-order valence-corrected chi connectivity index (χ4v) is 3.91. The summed E-state index contributed by atoms with van der Waals surface area (Å²) >= 11 is 12.4. The molecule has 27 heavy (non-hydrogen) atoms. The molecule has 1 aliphatic rings. The highest BCUT2D eigenvalue weighted by molar-refractivity contribution is 6.32. The zero-order valence-corrected chi connectivity index (χ0v) is 16.6. The van der Waals surface area contributed by atoms with Crippen LogP contribution in [0, 0.1) is 6.92 Å². The van der Waals surface area contributed by atoms with E-state index in [0.717, 1.165) is 53.4 Å². The molecule has 0 saturated carbocycles. The van der Waals surface area contributed by atoms with Crippen molar-refractivity contribution in [2.75, 3.05) is 31.1 Å². The van der Waals surface area contributed by atoms with Gasteiger partial charge in [-0.2, -0.15) is 0 Å². The van der Waals surface area contributed by atoms with Gasteiger partial charge in [-0.15, -0.1) is 0 Å². The summed E-state index contributed by atoms with van der Waals surface area (Å²) in [7, 11) is 0. The molecule has 0 amide bonds. The highest BCUT2D eigenvalue weighted by atomic mass is 35.5. The van der Waals surface area contributed by atoms with Crippen LogP contribution >= 0.6 is 23.2 Å². The third-order valence-corrected chi connectivity index (χ3v) is 5.69. The molecule has 0 bridgehead atoms. The van der Waals surface area contributed by atoms with Gasteiger partial charge in [0.15, 0.2) is 0 Å². The predicted molar refractivity (Wildman–Crippen MR) is 111 cm³/mol. The van der Waals surface area contributed by atoms with Crippen molar-refractivity contribution >= 4 is 39.9 Å². The Labute approximate surface area is 167 Å². The summed E-state index contributed by atoms with van der Waals surface area (Å²) in [6.07, 6.45) is 0. The van der Waals surface area contributed by atoms with E-state index in [1.807, 2.05) is 37.3 Å². The Hall–Kier alpha value is -2.01. The van der Waals surface area contributed by atoms with Crippen LogP contribution in [0.15, 0.2) is 51.7 Å². The maximum absolute atomic E-state index is 12.0. The van der Waals surface area contributed by atoms with Crippen LogP contribution in [-0.4, -0.2) is 31.1 Å². The van der Waals surface area contributed by atoms with Crippen LogP contribution in [0.5, 0.6) is 0 Å². The summed E-state index contributed by atoms with van der Waals surface area (Å²) in [6.45, 7) is 6.26. The molecule has 140 valence electrons. The summed E-state index contributed by atoms with van der Waals surface area (Å²) < 4.78 is 5.36. The molecule has 3 aromatic rings. The van der Waals surface area contributed by atoms with Gasteiger partial charge in [-0.3, -0.25) is 4.90 Å². The monoisotopic (exact) mass is 402 g/mol. The molecule has 0 aliphatic carbocycles. The van der Waals surface area contributed by atoms with Crippen molar-refractivity contribution < 1.29 is 4.42 Å². The second kappa shape index (κ2) is 7.55. The van der Waals surface area contributed by atoms with E-state index in [2.05, 4.69) is 15.9 Å². The molecule has 1 aliphatic heterocycles. The van der Waals surface area contributed by atoms with Crippen molar-refractivity contribution in [3.05, 3.63) is 74.1 Å². The first-order chi connectivity index (χ1) is 13.0. The Morgan fingerprint density at radius 2 is 1.81 bits per heavy atom. The molecular weight excluding hydrogens is 383 g/mol. The van der Waals surface area contributed by atoms with Crippen molar-refractivity contribution in [1.82, 2.24) is 4.90 Å². The van der Waals surface area contributed by atoms with Crippen LogP contribution in [0.4, 0.5) is 5.69 Å². The molecular formula is C21H20Cl2N2O2. The van der Waals surface area contributed by atoms with Crippen molar-refractivity contribution in [2.24, 2.45) is 0 Å². The van der Waals surface area contributed by atoms with Crippen molar-refractivity contribution in [2.45, 2.75) is 13.5 Å². The number of halogens is 2. The van der Waals surface area contributed by atoms with Crippen LogP contribution in [0.2, 0.25) is 10.0 Å². The highest BCUT2D eigenvalue weighted by Gasteiger charge is 2.19. The number of hydrogen-bond acceptors (Lipinski definition) is 4. The van der Waals surface area contributed by atoms with Gasteiger partial charge in [-0.05, 0) is 48.4 Å². The third kappa shape index (κ3) is 3.98. The summed E-state index contributed by atoms with van der Waals surface area (Å²) in [4.78, 5) is 16.7. The number of rotatable bonds is 3. The minimum atomic E-state index is -0.322. The van der Waals surface area contributed by atoms with Gasteiger partial charge in [-0.25, -0.2) is 4.79 Å². The number of piperazine rings is 1. The van der Waals surface area contributed by atoms with Crippen LogP contribution in [0.1, 0.15) is 11.1 Å². The summed E-state index contributed by atoms with van der Waals surface area (Å²) in [5, 5.41) is 2.34. The lowest BCUT2D eigenvalue weighted by Gasteiger charge is -2.36. The molecule has 1 fully saturated rings. The number of fused-ring (bicyclic) bond motifs is 1. The summed E-state index contributed by atoms with van der Waals surface area (Å²) in [6, 6.07) is 13.3. The third-order valence-electron chi connectivity index (χ3n) is 5.05. The van der Waals surface area contributed by atoms with Gasteiger partial charge in [0.05, 0.1) is 0 Å². The van der Waals surface area contributed by atoms with Gasteiger partial charge in [0.1, 0.15) is 5.58 Å². The van der Waals surface area contributed by atoms with Crippen LogP contribution in [0.3, 0.4) is 0 Å². The Bertz CT molecular complexity index is 1040. The second-order valence-electron chi connectivity index (χ2n) is 6.93. The van der Waals surface area contributed by atoms with E-state index in [4.69, 9.17) is 27.6 Å². The maximum Gasteiger partial charge on any atom is 0.336 e. The van der Waals surface area contributed by atoms with E-state index in [0.29, 0.717) is 17.2 Å².